The molecule has 0 saturated heterocycles. The Morgan fingerprint density at radius 2 is 1.29 bits per heavy atom. The largest absolute Gasteiger partial charge is 0.393 e. The van der Waals surface area contributed by atoms with Crippen LogP contribution in [0.2, 0.25) is 0 Å². The van der Waals surface area contributed by atoms with Crippen LogP contribution in [0, 0.1) is 23.7 Å². The van der Waals surface area contributed by atoms with Crippen LogP contribution in [0.25, 0.3) is 0 Å². The van der Waals surface area contributed by atoms with Gasteiger partial charge in [0.15, 0.2) is 0 Å². The van der Waals surface area contributed by atoms with Crippen molar-refractivity contribution < 1.29 is 10.2 Å². The molecule has 2 atom stereocenters. The number of hydrogen-bond donors (Lipinski definition) is 2. The molecule has 14 heavy (non-hydrogen) atoms. The van der Waals surface area contributed by atoms with E-state index in [2.05, 4.69) is 12.2 Å². The van der Waals surface area contributed by atoms with Crippen molar-refractivity contribution in [1.82, 2.24) is 0 Å². The molecule has 0 aliphatic heterocycles. The van der Waals surface area contributed by atoms with Crippen LogP contribution in [-0.2, 0) is 0 Å². The maximum absolute atomic E-state index is 9.69. The summed E-state index contributed by atoms with van der Waals surface area (Å²) in [5.74, 6) is 1.81. The van der Waals surface area contributed by atoms with Crippen molar-refractivity contribution >= 4 is 0 Å². The van der Waals surface area contributed by atoms with Crippen LogP contribution in [0.3, 0.4) is 0 Å². The molecule has 2 bridgehead atoms. The molecule has 3 aliphatic rings. The minimum Gasteiger partial charge on any atom is -0.393 e. The molecule has 0 aromatic carbocycles. The highest BCUT2D eigenvalue weighted by Gasteiger charge is 2.53. The van der Waals surface area contributed by atoms with Crippen LogP contribution in [0.1, 0.15) is 26.7 Å². The number of aliphatic hydroxyl groups is 2. The third-order valence-corrected chi connectivity index (χ3v) is 4.07. The van der Waals surface area contributed by atoms with Gasteiger partial charge in [0.1, 0.15) is 0 Å². The van der Waals surface area contributed by atoms with E-state index in [-0.39, 0.29) is 12.2 Å². The molecule has 2 N–H and O–H groups in total. The van der Waals surface area contributed by atoms with Gasteiger partial charge in [-0.05, 0) is 50.4 Å². The first kappa shape index (κ1) is 10.2. The van der Waals surface area contributed by atoms with Crippen molar-refractivity contribution in [3.8, 4) is 0 Å². The van der Waals surface area contributed by atoms with Gasteiger partial charge in [0.05, 0.1) is 12.2 Å². The number of aliphatic hydroxyl groups excluding tert-OH is 2. The lowest BCUT2D eigenvalue weighted by Gasteiger charge is -2.54. The quantitative estimate of drug-likeness (QED) is 0.658. The summed E-state index contributed by atoms with van der Waals surface area (Å²) in [6.07, 6.45) is 6.04. The van der Waals surface area contributed by atoms with Crippen molar-refractivity contribution in [3.63, 3.8) is 0 Å². The topological polar surface area (TPSA) is 40.5 Å². The molecule has 80 valence electrons. The van der Waals surface area contributed by atoms with E-state index in [1.54, 1.807) is 0 Å². The van der Waals surface area contributed by atoms with Crippen LogP contribution >= 0.6 is 0 Å². The zero-order valence-corrected chi connectivity index (χ0v) is 8.93. The third kappa shape index (κ3) is 1.41. The zero-order chi connectivity index (χ0) is 10.3. The lowest BCUT2D eigenvalue weighted by molar-refractivity contribution is -0.128. The fraction of sp³-hybridized carbons (Fsp3) is 0.833. The number of rotatable bonds is 2. The molecule has 3 aliphatic carbocycles. The fourth-order valence-corrected chi connectivity index (χ4v) is 3.57. The average Bonchev–Trinajstić information content (AvgIpc) is 2.33. The Kier molecular flexibility index (Phi) is 2.67. The Hall–Kier alpha value is -0.340. The predicted octanol–water partition coefficient (Wildman–Crippen LogP) is 1.58. The van der Waals surface area contributed by atoms with E-state index >= 15 is 0 Å². The maximum Gasteiger partial charge on any atom is 0.0546 e. The molecule has 0 unspecified atom stereocenters. The van der Waals surface area contributed by atoms with Crippen LogP contribution in [0.5, 0.6) is 0 Å². The molecule has 0 aromatic heterocycles. The predicted molar refractivity (Wildman–Crippen MR) is 55.7 cm³/mol. The smallest absolute Gasteiger partial charge is 0.0546 e. The van der Waals surface area contributed by atoms with E-state index in [0.29, 0.717) is 23.7 Å². The highest BCUT2D eigenvalue weighted by molar-refractivity contribution is 5.09. The molecule has 1 fully saturated rings. The van der Waals surface area contributed by atoms with Gasteiger partial charge in [0, 0.05) is 0 Å². The first-order valence-electron chi connectivity index (χ1n) is 5.64. The van der Waals surface area contributed by atoms with E-state index in [9.17, 15) is 10.2 Å². The Balaban J connectivity index is 2.14. The number of hydrogen-bond acceptors (Lipinski definition) is 2. The normalized spacial score (nSPS) is 45.1. The second-order valence-electron chi connectivity index (χ2n) is 4.91. The Morgan fingerprint density at radius 3 is 1.57 bits per heavy atom. The van der Waals surface area contributed by atoms with Crippen molar-refractivity contribution in [2.45, 2.75) is 38.9 Å². The van der Waals surface area contributed by atoms with Gasteiger partial charge in [-0.1, -0.05) is 12.2 Å². The first-order valence-corrected chi connectivity index (χ1v) is 5.64. The molecular formula is C12H20O2. The van der Waals surface area contributed by atoms with E-state index in [1.165, 1.54) is 0 Å². The highest BCUT2D eigenvalue weighted by atomic mass is 16.3. The highest BCUT2D eigenvalue weighted by Crippen LogP contribution is 2.54. The Labute approximate surface area is 85.6 Å². The van der Waals surface area contributed by atoms with E-state index in [1.807, 2.05) is 13.8 Å². The van der Waals surface area contributed by atoms with E-state index in [4.69, 9.17) is 0 Å². The van der Waals surface area contributed by atoms with Gasteiger partial charge >= 0.3 is 0 Å². The molecule has 0 spiro atoms. The average molecular weight is 196 g/mol. The zero-order valence-electron chi connectivity index (χ0n) is 8.93. The standard InChI is InChI=1S/C12H20O2/c1-7(13)11-9-5-3-4-6-10(11)12(9)8(2)14/h3-4,7-14H,5-6H2,1-2H3/t7-,8-,9?,10?,11?,12?/m0/s1. The van der Waals surface area contributed by atoms with Gasteiger partial charge in [-0.25, -0.2) is 0 Å². The van der Waals surface area contributed by atoms with Crippen LogP contribution in [0.15, 0.2) is 12.2 Å². The summed E-state index contributed by atoms with van der Waals surface area (Å²) in [5.41, 5.74) is 0. The van der Waals surface area contributed by atoms with E-state index < -0.39 is 0 Å². The molecule has 1 saturated carbocycles. The summed E-state index contributed by atoms with van der Waals surface area (Å²) >= 11 is 0. The van der Waals surface area contributed by atoms with Crippen molar-refractivity contribution in [2.75, 3.05) is 0 Å². The summed E-state index contributed by atoms with van der Waals surface area (Å²) in [4.78, 5) is 0. The molecule has 0 radical (unpaired) electrons. The van der Waals surface area contributed by atoms with Gasteiger partial charge in [-0.2, -0.15) is 0 Å². The van der Waals surface area contributed by atoms with Crippen molar-refractivity contribution in [1.29, 1.82) is 0 Å². The second-order valence-corrected chi connectivity index (χ2v) is 4.91. The minimum absolute atomic E-state index is 0.222. The van der Waals surface area contributed by atoms with E-state index in [0.717, 1.165) is 12.8 Å². The van der Waals surface area contributed by atoms with Gasteiger partial charge in [0.2, 0.25) is 0 Å². The number of fused-ring (bicyclic) bond motifs is 2. The summed E-state index contributed by atoms with van der Waals surface area (Å²) in [6.45, 7) is 3.77. The fourth-order valence-electron chi connectivity index (χ4n) is 3.57. The number of allylic oxidation sites excluding steroid dienone is 2. The minimum atomic E-state index is -0.222. The van der Waals surface area contributed by atoms with Crippen LogP contribution in [-0.4, -0.2) is 22.4 Å². The second kappa shape index (κ2) is 3.67. The van der Waals surface area contributed by atoms with Gasteiger partial charge in [-0.3, -0.25) is 0 Å². The summed E-state index contributed by atoms with van der Waals surface area (Å²) in [5, 5.41) is 19.4. The molecule has 0 aromatic rings. The molecule has 3 rings (SSSR count). The van der Waals surface area contributed by atoms with Gasteiger partial charge in [0.25, 0.3) is 0 Å². The molecule has 0 amide bonds. The SMILES string of the molecule is C[C@H](O)C1C2CC=CCC1C2[C@H](C)O. The lowest BCUT2D eigenvalue weighted by Crippen LogP contribution is -2.54. The first-order chi connectivity index (χ1) is 6.63. The summed E-state index contributed by atoms with van der Waals surface area (Å²) in [7, 11) is 0. The molecule has 2 nitrogen and oxygen atoms in total. The van der Waals surface area contributed by atoms with Gasteiger partial charge in [-0.15, -0.1) is 0 Å². The van der Waals surface area contributed by atoms with Gasteiger partial charge < -0.3 is 10.2 Å². The van der Waals surface area contributed by atoms with Crippen molar-refractivity contribution in [3.05, 3.63) is 12.2 Å². The Morgan fingerprint density at radius 1 is 0.929 bits per heavy atom. The van der Waals surface area contributed by atoms with Crippen molar-refractivity contribution in [2.24, 2.45) is 23.7 Å². The lowest BCUT2D eigenvalue weighted by atomic mass is 9.52. The third-order valence-electron chi connectivity index (χ3n) is 4.07. The van der Waals surface area contributed by atoms with Crippen LogP contribution in [0.4, 0.5) is 0 Å². The Bertz CT molecular complexity index is 200. The maximum atomic E-state index is 9.69. The summed E-state index contributed by atoms with van der Waals surface area (Å²) in [6, 6.07) is 0. The monoisotopic (exact) mass is 196 g/mol. The molecular weight excluding hydrogens is 176 g/mol. The molecule has 2 heteroatoms. The summed E-state index contributed by atoms with van der Waals surface area (Å²) < 4.78 is 0. The molecule has 0 heterocycles. The van der Waals surface area contributed by atoms with Crippen LogP contribution < -0.4 is 0 Å².